The average Bonchev–Trinajstić information content (AvgIpc) is 2.25. The molecule has 0 aliphatic carbocycles. The van der Waals surface area contributed by atoms with E-state index >= 15 is 0 Å². The lowest BCUT2D eigenvalue weighted by Gasteiger charge is -2.07. The summed E-state index contributed by atoms with van der Waals surface area (Å²) in [4.78, 5) is 11.4. The number of hydrogen-bond donors (Lipinski definition) is 2. The van der Waals surface area contributed by atoms with Crippen LogP contribution < -0.4 is 10.6 Å². The van der Waals surface area contributed by atoms with Gasteiger partial charge in [-0.1, -0.05) is 24.6 Å². The van der Waals surface area contributed by atoms with E-state index in [4.69, 9.17) is 11.6 Å². The molecule has 1 amide bonds. The first-order valence-electron chi connectivity index (χ1n) is 5.09. The molecule has 0 saturated heterocycles. The SMILES string of the molecule is CCCNCC(=O)Nc1cccc(Cl)c1F. The highest BCUT2D eigenvalue weighted by molar-refractivity contribution is 6.31. The molecule has 0 aromatic heterocycles. The molecule has 0 heterocycles. The maximum atomic E-state index is 13.4. The van der Waals surface area contributed by atoms with Crippen molar-refractivity contribution < 1.29 is 9.18 Å². The van der Waals surface area contributed by atoms with Crippen LogP contribution in [-0.4, -0.2) is 19.0 Å². The predicted octanol–water partition coefficient (Wildman–Crippen LogP) is 2.42. The van der Waals surface area contributed by atoms with Gasteiger partial charge >= 0.3 is 0 Å². The van der Waals surface area contributed by atoms with Gasteiger partial charge in [0.15, 0.2) is 5.82 Å². The maximum absolute atomic E-state index is 13.4. The summed E-state index contributed by atoms with van der Waals surface area (Å²) >= 11 is 5.58. The van der Waals surface area contributed by atoms with E-state index < -0.39 is 5.82 Å². The second kappa shape index (κ2) is 6.45. The summed E-state index contributed by atoms with van der Waals surface area (Å²) in [6.45, 7) is 2.92. The van der Waals surface area contributed by atoms with Gasteiger partial charge in [-0.05, 0) is 25.1 Å². The summed E-state index contributed by atoms with van der Waals surface area (Å²) in [6.07, 6.45) is 0.943. The Morgan fingerprint density at radius 2 is 2.25 bits per heavy atom. The van der Waals surface area contributed by atoms with Crippen molar-refractivity contribution in [2.45, 2.75) is 13.3 Å². The van der Waals surface area contributed by atoms with Crippen molar-refractivity contribution in [2.24, 2.45) is 0 Å². The van der Waals surface area contributed by atoms with Crippen LogP contribution in [0.1, 0.15) is 13.3 Å². The summed E-state index contributed by atoms with van der Waals surface area (Å²) < 4.78 is 13.4. The van der Waals surface area contributed by atoms with Crippen molar-refractivity contribution >= 4 is 23.2 Å². The standard InChI is InChI=1S/C11H14ClFN2O/c1-2-6-14-7-10(16)15-9-5-3-4-8(12)11(9)13/h3-5,14H,2,6-7H2,1H3,(H,15,16). The molecule has 1 aromatic rings. The quantitative estimate of drug-likeness (QED) is 0.781. The maximum Gasteiger partial charge on any atom is 0.238 e. The number of hydrogen-bond acceptors (Lipinski definition) is 2. The van der Waals surface area contributed by atoms with Gasteiger partial charge < -0.3 is 10.6 Å². The summed E-state index contributed by atoms with van der Waals surface area (Å²) in [6, 6.07) is 4.49. The second-order valence-corrected chi connectivity index (χ2v) is 3.73. The third-order valence-corrected chi connectivity index (χ3v) is 2.23. The van der Waals surface area contributed by atoms with Crippen LogP contribution in [0.4, 0.5) is 10.1 Å². The van der Waals surface area contributed by atoms with E-state index in [-0.39, 0.29) is 23.2 Å². The predicted molar refractivity (Wildman–Crippen MR) is 63.2 cm³/mol. The Balaban J connectivity index is 2.53. The molecule has 0 atom stereocenters. The molecule has 0 unspecified atom stereocenters. The minimum atomic E-state index is -0.604. The minimum absolute atomic E-state index is 0.000632. The molecule has 0 aliphatic heterocycles. The zero-order valence-corrected chi connectivity index (χ0v) is 9.77. The number of anilines is 1. The lowest BCUT2D eigenvalue weighted by atomic mass is 10.3. The molecule has 0 aliphatic rings. The van der Waals surface area contributed by atoms with Gasteiger partial charge in [-0.2, -0.15) is 0 Å². The highest BCUT2D eigenvalue weighted by Crippen LogP contribution is 2.21. The van der Waals surface area contributed by atoms with Gasteiger partial charge in [-0.3, -0.25) is 4.79 Å². The van der Waals surface area contributed by atoms with Gasteiger partial charge in [0, 0.05) is 0 Å². The Morgan fingerprint density at radius 3 is 2.94 bits per heavy atom. The lowest BCUT2D eigenvalue weighted by Crippen LogP contribution is -2.28. The van der Waals surface area contributed by atoms with Gasteiger partial charge in [0.25, 0.3) is 0 Å². The van der Waals surface area contributed by atoms with E-state index in [0.717, 1.165) is 13.0 Å². The van der Waals surface area contributed by atoms with Crippen molar-refractivity contribution in [3.05, 3.63) is 29.0 Å². The van der Waals surface area contributed by atoms with Crippen LogP contribution in [0.15, 0.2) is 18.2 Å². The summed E-state index contributed by atoms with van der Waals surface area (Å²) in [5, 5.41) is 5.37. The van der Waals surface area contributed by atoms with E-state index in [1.54, 1.807) is 6.07 Å². The molecule has 88 valence electrons. The van der Waals surface area contributed by atoms with Crippen LogP contribution in [0.3, 0.4) is 0 Å². The van der Waals surface area contributed by atoms with Crippen LogP contribution in [0.5, 0.6) is 0 Å². The molecule has 0 radical (unpaired) electrons. The Bertz CT molecular complexity index is 371. The van der Waals surface area contributed by atoms with Gasteiger partial charge in [0.05, 0.1) is 17.3 Å². The van der Waals surface area contributed by atoms with Gasteiger partial charge in [-0.15, -0.1) is 0 Å². The molecule has 1 rings (SSSR count). The third kappa shape index (κ3) is 3.79. The highest BCUT2D eigenvalue weighted by atomic mass is 35.5. The molecule has 0 saturated carbocycles. The van der Waals surface area contributed by atoms with Gasteiger partial charge in [-0.25, -0.2) is 4.39 Å². The van der Waals surface area contributed by atoms with E-state index in [9.17, 15) is 9.18 Å². The third-order valence-electron chi connectivity index (χ3n) is 1.94. The monoisotopic (exact) mass is 244 g/mol. The van der Waals surface area contributed by atoms with Crippen LogP contribution in [0.2, 0.25) is 5.02 Å². The Morgan fingerprint density at radius 1 is 1.50 bits per heavy atom. The van der Waals surface area contributed by atoms with Crippen molar-refractivity contribution in [1.82, 2.24) is 5.32 Å². The van der Waals surface area contributed by atoms with E-state index in [1.807, 2.05) is 6.92 Å². The summed E-state index contributed by atoms with van der Waals surface area (Å²) in [5.74, 6) is -0.886. The smallest absolute Gasteiger partial charge is 0.238 e. The molecule has 0 spiro atoms. The van der Waals surface area contributed by atoms with Crippen LogP contribution >= 0.6 is 11.6 Å². The van der Waals surface area contributed by atoms with Crippen LogP contribution in [0.25, 0.3) is 0 Å². The van der Waals surface area contributed by atoms with E-state index in [1.165, 1.54) is 12.1 Å². The first-order valence-corrected chi connectivity index (χ1v) is 5.47. The fourth-order valence-electron chi connectivity index (χ4n) is 1.17. The fraction of sp³-hybridized carbons (Fsp3) is 0.364. The largest absolute Gasteiger partial charge is 0.322 e. The number of rotatable bonds is 5. The summed E-state index contributed by atoms with van der Waals surface area (Å²) in [5.41, 5.74) is 0.107. The Labute approximate surface area is 99.0 Å². The molecule has 5 heteroatoms. The second-order valence-electron chi connectivity index (χ2n) is 3.33. The lowest BCUT2D eigenvalue weighted by molar-refractivity contribution is -0.115. The molecular formula is C11H14ClFN2O. The number of carbonyl (C=O) groups is 1. The molecular weight excluding hydrogens is 231 g/mol. The minimum Gasteiger partial charge on any atom is -0.322 e. The molecule has 2 N–H and O–H groups in total. The Hall–Kier alpha value is -1.13. The van der Waals surface area contributed by atoms with Crippen LogP contribution in [-0.2, 0) is 4.79 Å². The first kappa shape index (κ1) is 12.9. The van der Waals surface area contributed by atoms with Crippen LogP contribution in [0, 0.1) is 5.82 Å². The van der Waals surface area contributed by atoms with Crippen molar-refractivity contribution in [1.29, 1.82) is 0 Å². The topological polar surface area (TPSA) is 41.1 Å². The Kier molecular flexibility index (Phi) is 5.22. The number of carbonyl (C=O) groups excluding carboxylic acids is 1. The van der Waals surface area contributed by atoms with Gasteiger partial charge in [0.2, 0.25) is 5.91 Å². The zero-order valence-electron chi connectivity index (χ0n) is 9.02. The molecule has 1 aromatic carbocycles. The zero-order chi connectivity index (χ0) is 12.0. The number of halogens is 2. The molecule has 0 bridgehead atoms. The van der Waals surface area contributed by atoms with Crippen molar-refractivity contribution in [3.63, 3.8) is 0 Å². The van der Waals surface area contributed by atoms with Gasteiger partial charge in [0.1, 0.15) is 0 Å². The molecule has 3 nitrogen and oxygen atoms in total. The number of amides is 1. The fourth-order valence-corrected chi connectivity index (χ4v) is 1.35. The number of benzene rings is 1. The van der Waals surface area contributed by atoms with E-state index in [2.05, 4.69) is 10.6 Å². The highest BCUT2D eigenvalue weighted by Gasteiger charge is 2.08. The average molecular weight is 245 g/mol. The molecule has 16 heavy (non-hydrogen) atoms. The van der Waals surface area contributed by atoms with Crippen molar-refractivity contribution in [3.8, 4) is 0 Å². The first-order chi connectivity index (χ1) is 7.65. The summed E-state index contributed by atoms with van der Waals surface area (Å²) in [7, 11) is 0. The number of nitrogens with one attached hydrogen (secondary N) is 2. The normalized spacial score (nSPS) is 10.2. The molecule has 0 fully saturated rings. The van der Waals surface area contributed by atoms with E-state index in [0.29, 0.717) is 0 Å². The van der Waals surface area contributed by atoms with Crippen molar-refractivity contribution in [2.75, 3.05) is 18.4 Å².